The molecule has 66 valence electrons. The molecule has 0 saturated carbocycles. The molecule has 0 radical (unpaired) electrons. The molecular weight excluding hydrogens is 267 g/mol. The second-order valence-electron chi connectivity index (χ2n) is 3.02. The highest BCUT2D eigenvalue weighted by Gasteiger charge is 2.15. The summed E-state index contributed by atoms with van der Waals surface area (Å²) >= 11 is 2.26. The van der Waals surface area contributed by atoms with E-state index in [1.54, 1.807) is 0 Å². The second-order valence-corrected chi connectivity index (χ2v) is 4.26. The number of hydrogen-bond acceptors (Lipinski definition) is 2. The maximum Gasteiger partial charge on any atom is 0.0771 e. The fourth-order valence-corrected chi connectivity index (χ4v) is 1.88. The molecule has 1 saturated heterocycles. The predicted molar refractivity (Wildman–Crippen MR) is 53.9 cm³/mol. The van der Waals surface area contributed by atoms with E-state index in [1.165, 1.54) is 16.4 Å². The van der Waals surface area contributed by atoms with Gasteiger partial charge in [-0.1, -0.05) is 0 Å². The first-order chi connectivity index (χ1) is 5.84. The van der Waals surface area contributed by atoms with Crippen LogP contribution in [0.15, 0.2) is 12.4 Å². The van der Waals surface area contributed by atoms with E-state index in [1.807, 2.05) is 17.1 Å². The Bertz CT molecular complexity index is 255. The van der Waals surface area contributed by atoms with Crippen LogP contribution in [0.3, 0.4) is 0 Å². The highest BCUT2D eigenvalue weighted by Crippen LogP contribution is 2.14. The minimum absolute atomic E-state index is 0.390. The van der Waals surface area contributed by atoms with Gasteiger partial charge in [-0.25, -0.2) is 0 Å². The van der Waals surface area contributed by atoms with Crippen LogP contribution in [0.1, 0.15) is 12.8 Å². The maximum atomic E-state index is 5.50. The Balaban J connectivity index is 1.94. The molecule has 1 aliphatic rings. The second kappa shape index (κ2) is 3.74. The van der Waals surface area contributed by atoms with Crippen molar-refractivity contribution in [2.24, 2.45) is 0 Å². The summed E-state index contributed by atoms with van der Waals surface area (Å²) < 4.78 is 8.64. The molecule has 2 heterocycles. The fraction of sp³-hybridized carbons (Fsp3) is 0.625. The van der Waals surface area contributed by atoms with E-state index in [-0.39, 0.29) is 0 Å². The van der Waals surface area contributed by atoms with E-state index in [0.717, 1.165) is 13.2 Å². The molecule has 0 amide bonds. The number of rotatable bonds is 2. The molecule has 1 unspecified atom stereocenters. The molecule has 3 nitrogen and oxygen atoms in total. The first-order valence-electron chi connectivity index (χ1n) is 4.14. The fourth-order valence-electron chi connectivity index (χ4n) is 1.44. The minimum atomic E-state index is 0.390. The first kappa shape index (κ1) is 8.50. The van der Waals surface area contributed by atoms with Gasteiger partial charge in [0.1, 0.15) is 0 Å². The quantitative estimate of drug-likeness (QED) is 0.769. The molecule has 0 aromatic carbocycles. The summed E-state index contributed by atoms with van der Waals surface area (Å²) in [6.07, 6.45) is 6.68. The van der Waals surface area contributed by atoms with E-state index in [9.17, 15) is 0 Å². The van der Waals surface area contributed by atoms with Crippen LogP contribution in [0, 0.1) is 3.57 Å². The largest absolute Gasteiger partial charge is 0.376 e. The van der Waals surface area contributed by atoms with Gasteiger partial charge < -0.3 is 4.74 Å². The number of halogens is 1. The predicted octanol–water partition coefficient (Wildman–Crippen LogP) is 1.67. The van der Waals surface area contributed by atoms with Gasteiger partial charge in [-0.15, -0.1) is 0 Å². The van der Waals surface area contributed by atoms with E-state index in [4.69, 9.17) is 4.74 Å². The van der Waals surface area contributed by atoms with Crippen LogP contribution in [0.4, 0.5) is 0 Å². The summed E-state index contributed by atoms with van der Waals surface area (Å²) in [5.74, 6) is 0. The summed E-state index contributed by atoms with van der Waals surface area (Å²) in [5.41, 5.74) is 0. The van der Waals surface area contributed by atoms with Crippen LogP contribution in [0.2, 0.25) is 0 Å². The third kappa shape index (κ3) is 1.98. The highest BCUT2D eigenvalue weighted by molar-refractivity contribution is 14.1. The van der Waals surface area contributed by atoms with E-state index in [0.29, 0.717) is 6.10 Å². The molecule has 0 bridgehead atoms. The van der Waals surface area contributed by atoms with Crippen molar-refractivity contribution < 1.29 is 4.74 Å². The molecule has 2 rings (SSSR count). The van der Waals surface area contributed by atoms with Crippen LogP contribution in [-0.4, -0.2) is 22.5 Å². The lowest BCUT2D eigenvalue weighted by Gasteiger charge is -2.08. The minimum Gasteiger partial charge on any atom is -0.376 e. The molecule has 12 heavy (non-hydrogen) atoms. The molecule has 1 aromatic rings. The van der Waals surface area contributed by atoms with Crippen molar-refractivity contribution in [2.75, 3.05) is 6.61 Å². The van der Waals surface area contributed by atoms with Gasteiger partial charge in [-0.05, 0) is 35.4 Å². The van der Waals surface area contributed by atoms with Crippen LogP contribution < -0.4 is 0 Å². The van der Waals surface area contributed by atoms with Crippen LogP contribution in [0.5, 0.6) is 0 Å². The normalized spacial score (nSPS) is 23.2. The standard InChI is InChI=1S/C8H11IN2O/c9-7-4-10-11(5-7)6-8-2-1-3-12-8/h4-5,8H,1-3,6H2. The van der Waals surface area contributed by atoms with E-state index >= 15 is 0 Å². The first-order valence-corrected chi connectivity index (χ1v) is 5.22. The zero-order valence-electron chi connectivity index (χ0n) is 6.74. The van der Waals surface area contributed by atoms with Crippen LogP contribution in [-0.2, 0) is 11.3 Å². The SMILES string of the molecule is Ic1cnn(CC2CCCO2)c1. The van der Waals surface area contributed by atoms with Gasteiger partial charge >= 0.3 is 0 Å². The van der Waals surface area contributed by atoms with Crippen molar-refractivity contribution >= 4 is 22.6 Å². The number of ether oxygens (including phenoxy) is 1. The number of nitrogens with zero attached hydrogens (tertiary/aromatic N) is 2. The molecule has 1 aromatic heterocycles. The van der Waals surface area contributed by atoms with Gasteiger partial charge in [-0.2, -0.15) is 5.10 Å². The zero-order valence-corrected chi connectivity index (χ0v) is 8.90. The Kier molecular flexibility index (Phi) is 2.65. The van der Waals surface area contributed by atoms with Gasteiger partial charge in [0.15, 0.2) is 0 Å². The van der Waals surface area contributed by atoms with Crippen molar-refractivity contribution in [1.29, 1.82) is 0 Å². The average molecular weight is 278 g/mol. The lowest BCUT2D eigenvalue weighted by Crippen LogP contribution is -2.14. The van der Waals surface area contributed by atoms with Gasteiger partial charge in [0.2, 0.25) is 0 Å². The lowest BCUT2D eigenvalue weighted by atomic mass is 10.2. The Morgan fingerprint density at radius 3 is 3.25 bits per heavy atom. The van der Waals surface area contributed by atoms with Gasteiger partial charge in [0.25, 0.3) is 0 Å². The monoisotopic (exact) mass is 278 g/mol. The summed E-state index contributed by atoms with van der Waals surface area (Å²) in [7, 11) is 0. The Morgan fingerprint density at radius 2 is 2.67 bits per heavy atom. The van der Waals surface area contributed by atoms with Crippen molar-refractivity contribution in [1.82, 2.24) is 9.78 Å². The Labute approximate surface area is 85.2 Å². The average Bonchev–Trinajstić information content (AvgIpc) is 2.63. The van der Waals surface area contributed by atoms with Gasteiger partial charge in [0, 0.05) is 12.8 Å². The molecule has 4 heteroatoms. The highest BCUT2D eigenvalue weighted by atomic mass is 127. The summed E-state index contributed by atoms with van der Waals surface area (Å²) in [6.45, 7) is 1.83. The lowest BCUT2D eigenvalue weighted by molar-refractivity contribution is 0.0940. The van der Waals surface area contributed by atoms with Gasteiger partial charge in [-0.3, -0.25) is 4.68 Å². The molecular formula is C8H11IN2O. The topological polar surface area (TPSA) is 27.1 Å². The molecule has 1 atom stereocenters. The zero-order chi connectivity index (χ0) is 8.39. The van der Waals surface area contributed by atoms with Crippen LogP contribution >= 0.6 is 22.6 Å². The molecule has 0 N–H and O–H groups in total. The van der Waals surface area contributed by atoms with Crippen molar-refractivity contribution in [2.45, 2.75) is 25.5 Å². The molecule has 0 aliphatic carbocycles. The van der Waals surface area contributed by atoms with Crippen LogP contribution in [0.25, 0.3) is 0 Å². The molecule has 1 fully saturated rings. The third-order valence-corrected chi connectivity index (χ3v) is 2.57. The number of hydrogen-bond donors (Lipinski definition) is 0. The smallest absolute Gasteiger partial charge is 0.0771 e. The summed E-state index contributed by atoms with van der Waals surface area (Å²) in [5, 5.41) is 4.21. The van der Waals surface area contributed by atoms with Crippen molar-refractivity contribution in [3.63, 3.8) is 0 Å². The Hall–Kier alpha value is -0.100. The van der Waals surface area contributed by atoms with E-state index < -0.39 is 0 Å². The van der Waals surface area contributed by atoms with E-state index in [2.05, 4.69) is 27.7 Å². The van der Waals surface area contributed by atoms with Crippen molar-refractivity contribution in [3.8, 4) is 0 Å². The molecule has 0 spiro atoms. The molecule has 1 aliphatic heterocycles. The number of aromatic nitrogens is 2. The van der Waals surface area contributed by atoms with Gasteiger partial charge in [0.05, 0.1) is 22.4 Å². The van der Waals surface area contributed by atoms with Crippen molar-refractivity contribution in [3.05, 3.63) is 16.0 Å². The summed E-state index contributed by atoms with van der Waals surface area (Å²) in [4.78, 5) is 0. The maximum absolute atomic E-state index is 5.50. The third-order valence-electron chi connectivity index (χ3n) is 2.02. The Morgan fingerprint density at radius 1 is 1.75 bits per heavy atom. The summed E-state index contributed by atoms with van der Waals surface area (Å²) in [6, 6.07) is 0.